The summed E-state index contributed by atoms with van der Waals surface area (Å²) >= 11 is 6.15. The number of aryl methyl sites for hydroxylation is 1. The summed E-state index contributed by atoms with van der Waals surface area (Å²) in [5, 5.41) is 3.48. The third kappa shape index (κ3) is 3.97. The van der Waals surface area contributed by atoms with Gasteiger partial charge in [-0.1, -0.05) is 53.6 Å². The van der Waals surface area contributed by atoms with Crippen molar-refractivity contribution < 1.29 is 4.79 Å². The second-order valence-electron chi connectivity index (χ2n) is 6.86. The van der Waals surface area contributed by atoms with Crippen molar-refractivity contribution in [3.8, 4) is 0 Å². The van der Waals surface area contributed by atoms with Crippen molar-refractivity contribution in [2.24, 2.45) is 0 Å². The highest BCUT2D eigenvalue weighted by atomic mass is 35.5. The van der Waals surface area contributed by atoms with Gasteiger partial charge in [-0.25, -0.2) is 4.79 Å². The molecule has 132 valence electrons. The number of likely N-dealkylation sites (N-methyl/N-ethyl adjacent to an activating group) is 1. The van der Waals surface area contributed by atoms with Crippen LogP contribution in [0.25, 0.3) is 0 Å². The molecule has 1 heterocycles. The van der Waals surface area contributed by atoms with Crippen LogP contribution in [0.4, 0.5) is 10.5 Å². The molecule has 1 aliphatic rings. The van der Waals surface area contributed by atoms with Gasteiger partial charge in [-0.15, -0.1) is 0 Å². The standard InChI is InChI=1S/C20H24ClN3O/c1-14-8-10-15(11-9-14)16-12-24(13-19(16)23(2)3)20(25)22-18-7-5-4-6-17(18)21/h4-11,16,19H,12-13H2,1-3H3,(H,22,25)/t16-,19+/m0/s1. The molecule has 1 fully saturated rings. The Morgan fingerprint density at radius 3 is 2.44 bits per heavy atom. The van der Waals surface area contributed by atoms with Crippen molar-refractivity contribution in [1.29, 1.82) is 0 Å². The fraction of sp³-hybridized carbons (Fsp3) is 0.350. The maximum Gasteiger partial charge on any atom is 0.321 e. The van der Waals surface area contributed by atoms with Gasteiger partial charge in [0.25, 0.3) is 0 Å². The summed E-state index contributed by atoms with van der Waals surface area (Å²) in [5.74, 6) is 0.299. The van der Waals surface area contributed by atoms with Crippen LogP contribution < -0.4 is 5.32 Å². The van der Waals surface area contributed by atoms with Crippen molar-refractivity contribution in [2.75, 3.05) is 32.5 Å². The number of likely N-dealkylation sites (tertiary alicyclic amines) is 1. The Kier molecular flexibility index (Phi) is 5.30. The van der Waals surface area contributed by atoms with Crippen LogP contribution in [0, 0.1) is 6.92 Å². The molecule has 2 atom stereocenters. The van der Waals surface area contributed by atoms with E-state index in [0.717, 1.165) is 0 Å². The van der Waals surface area contributed by atoms with Gasteiger partial charge in [0.05, 0.1) is 10.7 Å². The van der Waals surface area contributed by atoms with Crippen molar-refractivity contribution >= 4 is 23.3 Å². The maximum absolute atomic E-state index is 12.7. The Balaban J connectivity index is 1.76. The number of benzene rings is 2. The average Bonchev–Trinajstić information content (AvgIpc) is 3.03. The van der Waals surface area contributed by atoms with Gasteiger partial charge < -0.3 is 15.1 Å². The van der Waals surface area contributed by atoms with Gasteiger partial charge in [0.2, 0.25) is 0 Å². The first-order valence-electron chi connectivity index (χ1n) is 8.49. The Bertz CT molecular complexity index is 745. The molecule has 1 aliphatic heterocycles. The highest BCUT2D eigenvalue weighted by Crippen LogP contribution is 2.31. The van der Waals surface area contributed by atoms with Crippen LogP contribution in [0.3, 0.4) is 0 Å². The summed E-state index contributed by atoms with van der Waals surface area (Å²) in [7, 11) is 4.14. The fourth-order valence-electron chi connectivity index (χ4n) is 3.37. The molecule has 25 heavy (non-hydrogen) atoms. The number of para-hydroxylation sites is 1. The number of anilines is 1. The second kappa shape index (κ2) is 7.46. The third-order valence-electron chi connectivity index (χ3n) is 4.86. The Morgan fingerprint density at radius 2 is 1.80 bits per heavy atom. The Morgan fingerprint density at radius 1 is 1.12 bits per heavy atom. The minimum Gasteiger partial charge on any atom is -0.322 e. The van der Waals surface area contributed by atoms with E-state index in [1.807, 2.05) is 23.1 Å². The molecule has 2 amide bonds. The molecule has 0 saturated carbocycles. The summed E-state index contributed by atoms with van der Waals surface area (Å²) in [6.45, 7) is 3.48. The first-order chi connectivity index (χ1) is 12.0. The molecule has 1 saturated heterocycles. The highest BCUT2D eigenvalue weighted by molar-refractivity contribution is 6.33. The molecule has 4 nitrogen and oxygen atoms in total. The van der Waals surface area contributed by atoms with Crippen molar-refractivity contribution in [3.63, 3.8) is 0 Å². The SMILES string of the molecule is Cc1ccc([C@@H]2CN(C(=O)Nc3ccccc3Cl)C[C@H]2N(C)C)cc1. The number of hydrogen-bond acceptors (Lipinski definition) is 2. The molecular formula is C20H24ClN3O. The lowest BCUT2D eigenvalue weighted by atomic mass is 9.93. The fourth-order valence-corrected chi connectivity index (χ4v) is 3.56. The van der Waals surface area contributed by atoms with Crippen LogP contribution in [-0.4, -0.2) is 49.1 Å². The quantitative estimate of drug-likeness (QED) is 0.893. The lowest BCUT2D eigenvalue weighted by Gasteiger charge is -2.25. The molecule has 3 rings (SSSR count). The van der Waals surface area contributed by atoms with Gasteiger partial charge in [0.1, 0.15) is 0 Å². The van der Waals surface area contributed by atoms with Crippen LogP contribution in [0.2, 0.25) is 5.02 Å². The van der Waals surface area contributed by atoms with Gasteiger partial charge in [-0.05, 0) is 38.7 Å². The van der Waals surface area contributed by atoms with E-state index < -0.39 is 0 Å². The summed E-state index contributed by atoms with van der Waals surface area (Å²) in [6, 6.07) is 16.1. The van der Waals surface area contributed by atoms with E-state index in [1.54, 1.807) is 6.07 Å². The largest absolute Gasteiger partial charge is 0.322 e. The van der Waals surface area contributed by atoms with E-state index in [4.69, 9.17) is 11.6 Å². The zero-order valence-corrected chi connectivity index (χ0v) is 15.6. The number of nitrogens with one attached hydrogen (secondary N) is 1. The first-order valence-corrected chi connectivity index (χ1v) is 8.87. The second-order valence-corrected chi connectivity index (χ2v) is 7.27. The predicted molar refractivity (Wildman–Crippen MR) is 103 cm³/mol. The number of amides is 2. The zero-order chi connectivity index (χ0) is 18.0. The number of halogens is 1. The number of carbonyl (C=O) groups excluding carboxylic acids is 1. The molecule has 0 radical (unpaired) electrons. The Hall–Kier alpha value is -2.04. The number of nitrogens with zero attached hydrogens (tertiary/aromatic N) is 2. The van der Waals surface area contributed by atoms with E-state index in [-0.39, 0.29) is 6.03 Å². The van der Waals surface area contributed by atoms with Crippen LogP contribution in [0.5, 0.6) is 0 Å². The zero-order valence-electron chi connectivity index (χ0n) is 14.9. The number of carbonyl (C=O) groups is 1. The summed E-state index contributed by atoms with van der Waals surface area (Å²) in [6.07, 6.45) is 0. The van der Waals surface area contributed by atoms with E-state index in [9.17, 15) is 4.79 Å². The Labute approximate surface area is 154 Å². The minimum atomic E-state index is -0.102. The monoisotopic (exact) mass is 357 g/mol. The molecule has 2 aromatic rings. The highest BCUT2D eigenvalue weighted by Gasteiger charge is 2.37. The minimum absolute atomic E-state index is 0.102. The first kappa shape index (κ1) is 17.8. The molecule has 5 heteroatoms. The summed E-state index contributed by atoms with van der Waals surface area (Å²) in [4.78, 5) is 16.8. The van der Waals surface area contributed by atoms with E-state index >= 15 is 0 Å². The van der Waals surface area contributed by atoms with Crippen LogP contribution >= 0.6 is 11.6 Å². The van der Waals surface area contributed by atoms with Gasteiger partial charge in [-0.2, -0.15) is 0 Å². The number of hydrogen-bond donors (Lipinski definition) is 1. The predicted octanol–water partition coefficient (Wildman–Crippen LogP) is 4.21. The normalized spacial score (nSPS) is 20.1. The molecule has 0 aromatic heterocycles. The average molecular weight is 358 g/mol. The molecule has 2 aromatic carbocycles. The topological polar surface area (TPSA) is 35.6 Å². The molecule has 0 spiro atoms. The van der Waals surface area contributed by atoms with Gasteiger partial charge in [0.15, 0.2) is 0 Å². The molecule has 0 aliphatic carbocycles. The van der Waals surface area contributed by atoms with Crippen LogP contribution in [-0.2, 0) is 0 Å². The summed E-state index contributed by atoms with van der Waals surface area (Å²) < 4.78 is 0. The van der Waals surface area contributed by atoms with Gasteiger partial charge in [0, 0.05) is 25.0 Å². The molecule has 0 bridgehead atoms. The van der Waals surface area contributed by atoms with E-state index in [0.29, 0.717) is 35.8 Å². The molecule has 0 unspecified atom stereocenters. The maximum atomic E-state index is 12.7. The number of urea groups is 1. The molecule has 1 N–H and O–H groups in total. The van der Waals surface area contributed by atoms with E-state index in [2.05, 4.69) is 55.5 Å². The third-order valence-corrected chi connectivity index (χ3v) is 5.19. The van der Waals surface area contributed by atoms with Crippen molar-refractivity contribution in [1.82, 2.24) is 9.80 Å². The smallest absolute Gasteiger partial charge is 0.321 e. The van der Waals surface area contributed by atoms with Crippen LogP contribution in [0.1, 0.15) is 17.0 Å². The van der Waals surface area contributed by atoms with Crippen molar-refractivity contribution in [3.05, 3.63) is 64.7 Å². The molecular weight excluding hydrogens is 334 g/mol. The van der Waals surface area contributed by atoms with Crippen molar-refractivity contribution in [2.45, 2.75) is 18.9 Å². The lowest BCUT2D eigenvalue weighted by molar-refractivity contribution is 0.216. The van der Waals surface area contributed by atoms with Crippen LogP contribution in [0.15, 0.2) is 48.5 Å². The number of rotatable bonds is 3. The van der Waals surface area contributed by atoms with E-state index in [1.165, 1.54) is 11.1 Å². The van der Waals surface area contributed by atoms with Gasteiger partial charge in [-0.3, -0.25) is 0 Å². The lowest BCUT2D eigenvalue weighted by Crippen LogP contribution is -2.37. The summed E-state index contributed by atoms with van der Waals surface area (Å²) in [5.41, 5.74) is 3.17. The van der Waals surface area contributed by atoms with Gasteiger partial charge >= 0.3 is 6.03 Å².